The minimum Gasteiger partial charge on any atom is -0.483 e. The summed E-state index contributed by atoms with van der Waals surface area (Å²) in [6.45, 7) is 6.66. The minimum atomic E-state index is 0.0568. The van der Waals surface area contributed by atoms with Gasteiger partial charge in [-0.3, -0.25) is 4.79 Å². The van der Waals surface area contributed by atoms with Crippen molar-refractivity contribution in [2.75, 3.05) is 19.7 Å². The highest BCUT2D eigenvalue weighted by molar-refractivity contribution is 5.77. The zero-order valence-corrected chi connectivity index (χ0v) is 15.0. The molecule has 2 aromatic rings. The first kappa shape index (κ1) is 17.5. The lowest BCUT2D eigenvalue weighted by Crippen LogP contribution is -2.40. The lowest BCUT2D eigenvalue weighted by Gasteiger charge is -2.31. The number of ether oxygens (including phenoxy) is 1. The maximum atomic E-state index is 12.5. The second kappa shape index (κ2) is 8.14. The summed E-state index contributed by atoms with van der Waals surface area (Å²) in [5, 5.41) is 8.27. The first-order chi connectivity index (χ1) is 12.2. The van der Waals surface area contributed by atoms with Crippen LogP contribution in [0.5, 0.6) is 5.75 Å². The highest BCUT2D eigenvalue weighted by Gasteiger charge is 2.26. The number of amides is 1. The van der Waals surface area contributed by atoms with E-state index in [1.807, 2.05) is 29.2 Å². The number of carbonyl (C=O) groups is 1. The number of para-hydroxylation sites is 1. The molecule has 0 spiro atoms. The standard InChI is InChI=1S/C19H26N4O2/c1-3-15-7-5-6-8-17(15)25-13-18(24)23-11-9-16(10-12-23)19-21-20-14-22(19)4-2/h5-8,14,16H,3-4,9-13H2,1-2H3. The molecule has 1 aromatic heterocycles. The molecule has 0 bridgehead atoms. The van der Waals surface area contributed by atoms with Crippen molar-refractivity contribution in [3.63, 3.8) is 0 Å². The molecule has 1 aromatic carbocycles. The highest BCUT2D eigenvalue weighted by atomic mass is 16.5. The molecule has 0 unspecified atom stereocenters. The molecule has 134 valence electrons. The number of rotatable bonds is 6. The summed E-state index contributed by atoms with van der Waals surface area (Å²) in [6, 6.07) is 7.90. The molecule has 1 aliphatic heterocycles. The monoisotopic (exact) mass is 342 g/mol. The molecular weight excluding hydrogens is 316 g/mol. The van der Waals surface area contributed by atoms with E-state index in [0.717, 1.165) is 56.0 Å². The normalized spacial score (nSPS) is 15.4. The molecule has 3 rings (SSSR count). The molecule has 1 amide bonds. The van der Waals surface area contributed by atoms with Gasteiger partial charge in [0.15, 0.2) is 6.61 Å². The van der Waals surface area contributed by atoms with Crippen LogP contribution < -0.4 is 4.74 Å². The number of piperidine rings is 1. The number of likely N-dealkylation sites (tertiary alicyclic amines) is 1. The summed E-state index contributed by atoms with van der Waals surface area (Å²) >= 11 is 0. The predicted octanol–water partition coefficient (Wildman–Crippen LogP) is 2.65. The minimum absolute atomic E-state index is 0.0568. The van der Waals surface area contributed by atoms with Crippen molar-refractivity contribution < 1.29 is 9.53 Å². The van der Waals surface area contributed by atoms with Crippen LogP contribution >= 0.6 is 0 Å². The molecule has 0 atom stereocenters. The van der Waals surface area contributed by atoms with Gasteiger partial charge in [0.2, 0.25) is 0 Å². The van der Waals surface area contributed by atoms with Crippen molar-refractivity contribution in [2.45, 2.75) is 45.6 Å². The van der Waals surface area contributed by atoms with Crippen molar-refractivity contribution in [1.82, 2.24) is 19.7 Å². The van der Waals surface area contributed by atoms with Gasteiger partial charge in [-0.1, -0.05) is 25.1 Å². The Kier molecular flexibility index (Phi) is 5.68. The van der Waals surface area contributed by atoms with Crippen LogP contribution in [-0.2, 0) is 17.8 Å². The average Bonchev–Trinajstić information content (AvgIpc) is 3.15. The Morgan fingerprint density at radius 3 is 2.72 bits per heavy atom. The number of aromatic nitrogens is 3. The Hall–Kier alpha value is -2.37. The zero-order valence-electron chi connectivity index (χ0n) is 15.0. The van der Waals surface area contributed by atoms with Crippen molar-refractivity contribution in [2.24, 2.45) is 0 Å². The van der Waals surface area contributed by atoms with Crippen LogP contribution in [-0.4, -0.2) is 45.3 Å². The molecule has 1 aliphatic rings. The second-order valence-corrected chi connectivity index (χ2v) is 6.38. The summed E-state index contributed by atoms with van der Waals surface area (Å²) in [4.78, 5) is 14.4. The summed E-state index contributed by atoms with van der Waals surface area (Å²) in [7, 11) is 0. The molecule has 0 saturated carbocycles. The van der Waals surface area contributed by atoms with Crippen LogP contribution in [0.25, 0.3) is 0 Å². The van der Waals surface area contributed by atoms with E-state index in [1.165, 1.54) is 0 Å². The highest BCUT2D eigenvalue weighted by Crippen LogP contribution is 2.26. The van der Waals surface area contributed by atoms with Crippen molar-refractivity contribution >= 4 is 5.91 Å². The van der Waals surface area contributed by atoms with Gasteiger partial charge in [0.25, 0.3) is 5.91 Å². The largest absolute Gasteiger partial charge is 0.483 e. The number of hydrogen-bond donors (Lipinski definition) is 0. The molecular formula is C19H26N4O2. The van der Waals surface area contributed by atoms with Gasteiger partial charge >= 0.3 is 0 Å². The predicted molar refractivity (Wildman–Crippen MR) is 95.6 cm³/mol. The van der Waals surface area contributed by atoms with E-state index in [2.05, 4.69) is 28.6 Å². The van der Waals surface area contributed by atoms with Crippen molar-refractivity contribution in [3.8, 4) is 5.75 Å². The van der Waals surface area contributed by atoms with Crippen LogP contribution in [0.1, 0.15) is 44.0 Å². The topological polar surface area (TPSA) is 60.2 Å². The van der Waals surface area contributed by atoms with Gasteiger partial charge < -0.3 is 14.2 Å². The van der Waals surface area contributed by atoms with Crippen molar-refractivity contribution in [3.05, 3.63) is 42.0 Å². The Morgan fingerprint density at radius 1 is 1.24 bits per heavy atom. The second-order valence-electron chi connectivity index (χ2n) is 6.38. The van der Waals surface area contributed by atoms with Crippen LogP contribution in [0.3, 0.4) is 0 Å². The maximum absolute atomic E-state index is 12.5. The van der Waals surface area contributed by atoms with Crippen molar-refractivity contribution in [1.29, 1.82) is 0 Å². The van der Waals surface area contributed by atoms with Gasteiger partial charge in [-0.2, -0.15) is 0 Å². The summed E-state index contributed by atoms with van der Waals surface area (Å²) in [6.07, 6.45) is 4.53. The lowest BCUT2D eigenvalue weighted by molar-refractivity contribution is -0.134. The zero-order chi connectivity index (χ0) is 17.6. The van der Waals surface area contributed by atoms with Crippen LogP contribution in [0.2, 0.25) is 0 Å². The van der Waals surface area contributed by atoms with E-state index in [9.17, 15) is 4.79 Å². The Morgan fingerprint density at radius 2 is 2.00 bits per heavy atom. The number of nitrogens with zero attached hydrogens (tertiary/aromatic N) is 4. The van der Waals surface area contributed by atoms with E-state index in [4.69, 9.17) is 4.74 Å². The van der Waals surface area contributed by atoms with E-state index in [0.29, 0.717) is 5.92 Å². The summed E-state index contributed by atoms with van der Waals surface area (Å²) in [5.41, 5.74) is 1.13. The molecule has 25 heavy (non-hydrogen) atoms. The Labute approximate surface area is 148 Å². The molecule has 0 radical (unpaired) electrons. The molecule has 6 nitrogen and oxygen atoms in total. The first-order valence-corrected chi connectivity index (χ1v) is 9.09. The molecule has 2 heterocycles. The van der Waals surface area contributed by atoms with Crippen LogP contribution in [0.15, 0.2) is 30.6 Å². The molecule has 1 saturated heterocycles. The fourth-order valence-electron chi connectivity index (χ4n) is 3.38. The van der Waals surface area contributed by atoms with Gasteiger partial charge in [0, 0.05) is 25.6 Å². The molecule has 0 N–H and O–H groups in total. The van der Waals surface area contributed by atoms with E-state index in [1.54, 1.807) is 6.33 Å². The van der Waals surface area contributed by atoms with Gasteiger partial charge in [0.05, 0.1) is 0 Å². The van der Waals surface area contributed by atoms with E-state index < -0.39 is 0 Å². The third-order valence-electron chi connectivity index (χ3n) is 4.90. The van der Waals surface area contributed by atoms with Crippen LogP contribution in [0, 0.1) is 0 Å². The SMILES string of the molecule is CCc1ccccc1OCC(=O)N1CCC(c2nncn2CC)CC1. The summed E-state index contributed by atoms with van der Waals surface area (Å²) in [5.74, 6) is 2.29. The van der Waals surface area contributed by atoms with E-state index >= 15 is 0 Å². The quantitative estimate of drug-likeness (QED) is 0.810. The van der Waals surface area contributed by atoms with Crippen LogP contribution in [0.4, 0.5) is 0 Å². The Balaban J connectivity index is 1.52. The van der Waals surface area contributed by atoms with Gasteiger partial charge in [-0.05, 0) is 37.8 Å². The molecule has 6 heteroatoms. The summed E-state index contributed by atoms with van der Waals surface area (Å²) < 4.78 is 7.85. The van der Waals surface area contributed by atoms with Gasteiger partial charge in [0.1, 0.15) is 17.9 Å². The van der Waals surface area contributed by atoms with Gasteiger partial charge in [-0.25, -0.2) is 0 Å². The maximum Gasteiger partial charge on any atom is 0.260 e. The number of carbonyl (C=O) groups excluding carboxylic acids is 1. The third kappa shape index (κ3) is 4.00. The van der Waals surface area contributed by atoms with E-state index in [-0.39, 0.29) is 12.5 Å². The third-order valence-corrected chi connectivity index (χ3v) is 4.90. The fraction of sp³-hybridized carbons (Fsp3) is 0.526. The fourth-order valence-corrected chi connectivity index (χ4v) is 3.38. The number of aryl methyl sites for hydroxylation is 2. The Bertz CT molecular complexity index is 705. The lowest BCUT2D eigenvalue weighted by atomic mass is 9.96. The molecule has 1 fully saturated rings. The number of benzene rings is 1. The smallest absolute Gasteiger partial charge is 0.260 e. The molecule has 0 aliphatic carbocycles. The first-order valence-electron chi connectivity index (χ1n) is 9.09. The van der Waals surface area contributed by atoms with Gasteiger partial charge in [-0.15, -0.1) is 10.2 Å². The number of hydrogen-bond acceptors (Lipinski definition) is 4. The average molecular weight is 342 g/mol.